The van der Waals surface area contributed by atoms with Gasteiger partial charge in [-0.05, 0) is 44.2 Å². The Morgan fingerprint density at radius 3 is 2.62 bits per heavy atom. The molecule has 21 heavy (non-hydrogen) atoms. The molecule has 2 rings (SSSR count). The lowest BCUT2D eigenvalue weighted by Gasteiger charge is -2.11. The highest BCUT2D eigenvalue weighted by atomic mass is 16.5. The van der Waals surface area contributed by atoms with Gasteiger partial charge in [0.1, 0.15) is 5.75 Å². The largest absolute Gasteiger partial charge is 0.492 e. The number of ether oxygens (including phenoxy) is 1. The average Bonchev–Trinajstić information content (AvgIpc) is 2.92. The number of anilines is 1. The summed E-state index contributed by atoms with van der Waals surface area (Å²) in [5.41, 5.74) is 2.04. The summed E-state index contributed by atoms with van der Waals surface area (Å²) >= 11 is 0. The molecular weight excluding hydrogens is 262 g/mol. The van der Waals surface area contributed by atoms with Crippen molar-refractivity contribution in [1.29, 1.82) is 0 Å². The van der Waals surface area contributed by atoms with Crippen molar-refractivity contribution in [2.45, 2.75) is 34.6 Å². The van der Waals surface area contributed by atoms with Gasteiger partial charge in [0.15, 0.2) is 0 Å². The Labute approximate surface area is 127 Å². The third-order valence-corrected chi connectivity index (χ3v) is 4.15. The predicted octanol–water partition coefficient (Wildman–Crippen LogP) is 4.26. The Kier molecular flexibility index (Phi) is 4.40. The highest BCUT2D eigenvalue weighted by Gasteiger charge is 2.60. The molecule has 1 N–H and O–H groups in total. The van der Waals surface area contributed by atoms with E-state index in [1.807, 2.05) is 31.2 Å². The second-order valence-electron chi connectivity index (χ2n) is 6.49. The van der Waals surface area contributed by atoms with E-state index in [9.17, 15) is 4.79 Å². The van der Waals surface area contributed by atoms with Crippen molar-refractivity contribution in [3.63, 3.8) is 0 Å². The molecule has 3 heteroatoms. The van der Waals surface area contributed by atoms with E-state index in [1.54, 1.807) is 0 Å². The summed E-state index contributed by atoms with van der Waals surface area (Å²) in [4.78, 5) is 12.5. The molecule has 0 heterocycles. The van der Waals surface area contributed by atoms with Crippen molar-refractivity contribution in [1.82, 2.24) is 0 Å². The van der Waals surface area contributed by atoms with Gasteiger partial charge in [0.25, 0.3) is 0 Å². The van der Waals surface area contributed by atoms with Crippen LogP contribution in [0.4, 0.5) is 5.69 Å². The molecule has 2 atom stereocenters. The van der Waals surface area contributed by atoms with Crippen LogP contribution in [0.5, 0.6) is 5.75 Å². The molecule has 1 aliphatic rings. The number of hydrogen-bond donors (Lipinski definition) is 1. The molecule has 0 aliphatic heterocycles. The fourth-order valence-electron chi connectivity index (χ4n) is 2.91. The number of rotatable bonds is 5. The van der Waals surface area contributed by atoms with Crippen LogP contribution in [0.2, 0.25) is 0 Å². The standard InChI is InChI=1S/C18H25NO2/c1-6-21-15-10-8-7-9-14(15)19-17(20)16-13(11-12(2)3)18(16,4)5/h7-11,13,16H,6H2,1-5H3,(H,19,20). The SMILES string of the molecule is CCOc1ccccc1NC(=O)C1C(C=C(C)C)C1(C)C. The molecule has 3 nitrogen and oxygen atoms in total. The van der Waals surface area contributed by atoms with E-state index in [1.165, 1.54) is 5.57 Å². The third kappa shape index (κ3) is 3.29. The zero-order chi connectivity index (χ0) is 15.6. The fraction of sp³-hybridized carbons (Fsp3) is 0.500. The Balaban J connectivity index is 2.11. The molecule has 0 aromatic heterocycles. The summed E-state index contributed by atoms with van der Waals surface area (Å²) in [7, 11) is 0. The highest BCUT2D eigenvalue weighted by molar-refractivity contribution is 5.96. The van der Waals surface area contributed by atoms with Crippen LogP contribution in [0, 0.1) is 17.3 Å². The number of carbonyl (C=O) groups excluding carboxylic acids is 1. The van der Waals surface area contributed by atoms with Crippen LogP contribution in [0.25, 0.3) is 0 Å². The van der Waals surface area contributed by atoms with Crippen molar-refractivity contribution < 1.29 is 9.53 Å². The number of allylic oxidation sites excluding steroid dienone is 2. The lowest BCUT2D eigenvalue weighted by atomic mass is 10.1. The van der Waals surface area contributed by atoms with Crippen LogP contribution in [0.1, 0.15) is 34.6 Å². The maximum Gasteiger partial charge on any atom is 0.228 e. The summed E-state index contributed by atoms with van der Waals surface area (Å²) < 4.78 is 5.55. The van der Waals surface area contributed by atoms with Crippen LogP contribution < -0.4 is 10.1 Å². The van der Waals surface area contributed by atoms with Crippen LogP contribution in [-0.4, -0.2) is 12.5 Å². The molecule has 1 saturated carbocycles. The number of para-hydroxylation sites is 2. The van der Waals surface area contributed by atoms with Crippen molar-refractivity contribution in [3.8, 4) is 5.75 Å². The van der Waals surface area contributed by atoms with Gasteiger partial charge in [-0.2, -0.15) is 0 Å². The molecule has 0 radical (unpaired) electrons. The minimum absolute atomic E-state index is 0.0297. The summed E-state index contributed by atoms with van der Waals surface area (Å²) in [6, 6.07) is 7.58. The highest BCUT2D eigenvalue weighted by Crippen LogP contribution is 2.59. The van der Waals surface area contributed by atoms with Gasteiger partial charge in [-0.25, -0.2) is 0 Å². The molecule has 0 spiro atoms. The molecular formula is C18H25NO2. The molecule has 114 valence electrons. The number of carbonyl (C=O) groups is 1. The minimum Gasteiger partial charge on any atom is -0.492 e. The lowest BCUT2D eigenvalue weighted by Crippen LogP contribution is -2.17. The van der Waals surface area contributed by atoms with Crippen molar-refractivity contribution in [2.24, 2.45) is 17.3 Å². The fourth-order valence-corrected chi connectivity index (χ4v) is 2.91. The smallest absolute Gasteiger partial charge is 0.228 e. The Morgan fingerprint density at radius 2 is 2.00 bits per heavy atom. The second-order valence-corrected chi connectivity index (χ2v) is 6.49. The van der Waals surface area contributed by atoms with Gasteiger partial charge in [0.05, 0.1) is 18.2 Å². The van der Waals surface area contributed by atoms with Gasteiger partial charge < -0.3 is 10.1 Å². The summed E-state index contributed by atoms with van der Waals surface area (Å²) in [5.74, 6) is 1.16. The zero-order valence-corrected chi connectivity index (χ0v) is 13.6. The normalized spacial score (nSPS) is 22.3. The quantitative estimate of drug-likeness (QED) is 0.822. The van der Waals surface area contributed by atoms with E-state index < -0.39 is 0 Å². The van der Waals surface area contributed by atoms with E-state index in [0.717, 1.165) is 11.4 Å². The molecule has 2 unspecified atom stereocenters. The number of nitrogens with one attached hydrogen (secondary N) is 1. The maximum atomic E-state index is 12.5. The van der Waals surface area contributed by atoms with Gasteiger partial charge in [-0.1, -0.05) is 37.6 Å². The van der Waals surface area contributed by atoms with Gasteiger partial charge >= 0.3 is 0 Å². The zero-order valence-electron chi connectivity index (χ0n) is 13.6. The Bertz CT molecular complexity index is 556. The molecule has 1 amide bonds. The molecule has 1 fully saturated rings. The first-order valence-electron chi connectivity index (χ1n) is 7.55. The van der Waals surface area contributed by atoms with Crippen molar-refractivity contribution in [2.75, 3.05) is 11.9 Å². The van der Waals surface area contributed by atoms with Crippen LogP contribution in [-0.2, 0) is 4.79 Å². The predicted molar refractivity (Wildman–Crippen MR) is 86.4 cm³/mol. The second kappa shape index (κ2) is 5.92. The number of amides is 1. The maximum absolute atomic E-state index is 12.5. The van der Waals surface area contributed by atoms with Gasteiger partial charge in [0.2, 0.25) is 5.91 Å². The number of benzene rings is 1. The topological polar surface area (TPSA) is 38.3 Å². The van der Waals surface area contributed by atoms with Crippen LogP contribution >= 0.6 is 0 Å². The number of hydrogen-bond acceptors (Lipinski definition) is 2. The van der Waals surface area contributed by atoms with E-state index in [-0.39, 0.29) is 17.2 Å². The monoisotopic (exact) mass is 287 g/mol. The minimum atomic E-state index is 0.0297. The third-order valence-electron chi connectivity index (χ3n) is 4.15. The molecule has 0 bridgehead atoms. The van der Waals surface area contributed by atoms with Crippen LogP contribution in [0.15, 0.2) is 35.9 Å². The Morgan fingerprint density at radius 1 is 1.33 bits per heavy atom. The summed E-state index contributed by atoms with van der Waals surface area (Å²) in [5, 5.41) is 3.02. The van der Waals surface area contributed by atoms with Gasteiger partial charge in [-0.3, -0.25) is 4.79 Å². The van der Waals surface area contributed by atoms with E-state index in [2.05, 4.69) is 39.1 Å². The average molecular weight is 287 g/mol. The van der Waals surface area contributed by atoms with E-state index in [4.69, 9.17) is 4.74 Å². The summed E-state index contributed by atoms with van der Waals surface area (Å²) in [6.45, 7) is 11.0. The molecule has 1 aromatic rings. The van der Waals surface area contributed by atoms with Crippen molar-refractivity contribution >= 4 is 11.6 Å². The summed E-state index contributed by atoms with van der Waals surface area (Å²) in [6.07, 6.45) is 2.21. The van der Waals surface area contributed by atoms with Gasteiger partial charge in [0, 0.05) is 0 Å². The lowest BCUT2D eigenvalue weighted by molar-refractivity contribution is -0.118. The van der Waals surface area contributed by atoms with Crippen molar-refractivity contribution in [3.05, 3.63) is 35.9 Å². The first kappa shape index (κ1) is 15.6. The van der Waals surface area contributed by atoms with E-state index >= 15 is 0 Å². The van der Waals surface area contributed by atoms with Crippen LogP contribution in [0.3, 0.4) is 0 Å². The first-order valence-corrected chi connectivity index (χ1v) is 7.55. The molecule has 0 saturated heterocycles. The van der Waals surface area contributed by atoms with E-state index in [0.29, 0.717) is 12.5 Å². The Hall–Kier alpha value is -1.77. The molecule has 1 aliphatic carbocycles. The molecule has 1 aromatic carbocycles. The first-order chi connectivity index (χ1) is 9.87. The van der Waals surface area contributed by atoms with Gasteiger partial charge in [-0.15, -0.1) is 0 Å².